The predicted molar refractivity (Wildman–Crippen MR) is 332 cm³/mol. The number of ether oxygens (including phenoxy) is 2. The van der Waals surface area contributed by atoms with Crippen LogP contribution in [0.1, 0.15) is 112 Å². The summed E-state index contributed by atoms with van der Waals surface area (Å²) in [5.41, 5.74) is 10.3. The predicted octanol–water partition coefficient (Wildman–Crippen LogP) is 10.8. The normalized spacial score (nSPS) is 21.8. The summed E-state index contributed by atoms with van der Waals surface area (Å²) in [5.74, 6) is 1.88. The van der Waals surface area contributed by atoms with E-state index in [2.05, 4.69) is 88.5 Å². The zero-order valence-electron chi connectivity index (χ0n) is 49.8. The lowest BCUT2D eigenvalue weighted by Gasteiger charge is -2.35. The Kier molecular flexibility index (Phi) is 18.4. The molecule has 4 bridgehead atoms. The van der Waals surface area contributed by atoms with Gasteiger partial charge in [0.05, 0.1) is 57.9 Å². The first-order valence-electron chi connectivity index (χ1n) is 28.7. The van der Waals surface area contributed by atoms with Gasteiger partial charge in [-0.05, 0) is 87.0 Å². The van der Waals surface area contributed by atoms with E-state index in [4.69, 9.17) is 39.7 Å². The molecule has 2 aliphatic carbocycles. The molecule has 2 saturated heterocycles. The molecule has 6 aromatic heterocycles. The van der Waals surface area contributed by atoms with Gasteiger partial charge in [-0.3, -0.25) is 0 Å². The number of aliphatic hydroxyl groups excluding tert-OH is 1. The third-order valence-electron chi connectivity index (χ3n) is 17.1. The van der Waals surface area contributed by atoms with Crippen molar-refractivity contribution in [3.8, 4) is 20.9 Å². The minimum atomic E-state index is -3.74. The van der Waals surface area contributed by atoms with Gasteiger partial charge in [0.15, 0.2) is 45.1 Å². The number of aromatic nitrogens is 8. The van der Waals surface area contributed by atoms with E-state index >= 15 is 0 Å². The summed E-state index contributed by atoms with van der Waals surface area (Å²) >= 11 is 2.94. The number of hydrogen-bond acceptors (Lipinski definition) is 19. The molecule has 0 amide bonds. The third kappa shape index (κ3) is 14.4. The first-order chi connectivity index (χ1) is 37.9. The van der Waals surface area contributed by atoms with Gasteiger partial charge < -0.3 is 35.0 Å². The molecular weight excluding hydrogens is 1160 g/mol. The van der Waals surface area contributed by atoms with E-state index < -0.39 is 44.1 Å². The second-order valence-corrected chi connectivity index (χ2v) is 49.4. The van der Waals surface area contributed by atoms with E-state index in [-0.39, 0.29) is 52.6 Å². The van der Waals surface area contributed by atoms with Crippen LogP contribution in [0.5, 0.6) is 0 Å². The minimum absolute atomic E-state index is 0.0305. The first-order valence-corrected chi connectivity index (χ1v) is 44.4. The van der Waals surface area contributed by atoms with Crippen LogP contribution >= 0.6 is 22.7 Å². The van der Waals surface area contributed by atoms with E-state index in [0.717, 1.165) is 76.5 Å². The molecule has 0 aromatic carbocycles. The molecule has 2 unspecified atom stereocenters. The van der Waals surface area contributed by atoms with Gasteiger partial charge in [-0.2, -0.15) is 19.2 Å². The van der Waals surface area contributed by atoms with Crippen molar-refractivity contribution in [3.05, 3.63) is 46.2 Å². The van der Waals surface area contributed by atoms with Crippen LogP contribution in [-0.4, -0.2) is 137 Å². The fraction of sp³-hybridized carbons (Fsp3) is 0.673. The number of thiazole rings is 2. The van der Waals surface area contributed by atoms with Crippen molar-refractivity contribution < 1.29 is 35.8 Å². The monoisotopic (exact) mass is 1240 g/mol. The van der Waals surface area contributed by atoms with E-state index in [1.807, 2.05) is 17.3 Å². The summed E-state index contributed by atoms with van der Waals surface area (Å²) < 4.78 is 75.8. The Bertz CT molecular complexity index is 3390. The highest BCUT2D eigenvalue weighted by Crippen LogP contribution is 2.51. The molecule has 10 rings (SSSR count). The molecular formula is C55H87N11O8S4Si3. The average molecular weight is 1240 g/mol. The maximum Gasteiger partial charge on any atom is 0.192 e. The molecule has 26 heteroatoms. The maximum atomic E-state index is 14.1. The lowest BCUT2D eigenvalue weighted by atomic mass is 9.79. The Morgan fingerprint density at radius 2 is 1.17 bits per heavy atom. The molecule has 8 heterocycles. The van der Waals surface area contributed by atoms with Gasteiger partial charge in [0.25, 0.3) is 0 Å². The van der Waals surface area contributed by atoms with Gasteiger partial charge in [0.1, 0.15) is 39.1 Å². The molecule has 6 atom stereocenters. The molecule has 2 aliphatic heterocycles. The van der Waals surface area contributed by atoms with E-state index in [1.54, 1.807) is 28.2 Å². The maximum absolute atomic E-state index is 14.1. The SMILES string of the molecule is CC(C)(C)[Si](C)(C)OCc1ncc(-c2cnn3c(N(COCC[Si](C)(C)C)COCC[Si](C)(C)C)c(S(C)(=O)=O)c(C4C[C@H]5CC[C@@H](C4)C5)nc23)s1.CS(=O)(=O)c1c(C2C[C@H]3CC[C@@H](C2)N3)nc2c(-c3cnc(CO)s3)cnn2c1N. The molecule has 0 radical (unpaired) electrons. The third-order valence-corrected chi connectivity index (χ3v) is 29.3. The van der Waals surface area contributed by atoms with Crippen molar-refractivity contribution in [2.75, 3.05) is 49.8 Å². The highest BCUT2D eigenvalue weighted by Gasteiger charge is 2.42. The molecule has 4 aliphatic rings. The van der Waals surface area contributed by atoms with Gasteiger partial charge in [-0.25, -0.2) is 36.8 Å². The quantitative estimate of drug-likeness (QED) is 0.0344. The van der Waals surface area contributed by atoms with Crippen molar-refractivity contribution in [3.63, 3.8) is 0 Å². The fourth-order valence-corrected chi connectivity index (χ4v) is 18.0. The second-order valence-electron chi connectivity index (χ2n) is 27.2. The second kappa shape index (κ2) is 24.1. The Morgan fingerprint density at radius 3 is 1.67 bits per heavy atom. The zero-order chi connectivity index (χ0) is 58.6. The first kappa shape index (κ1) is 62.0. The molecule has 19 nitrogen and oxygen atoms in total. The number of sulfone groups is 2. The Hall–Kier alpha value is -3.55. The molecule has 2 saturated carbocycles. The average Bonchev–Trinajstić information content (AvgIpc) is 4.35. The van der Waals surface area contributed by atoms with Gasteiger partial charge in [-0.1, -0.05) is 72.9 Å². The topological polar surface area (TPSA) is 244 Å². The molecule has 4 fully saturated rings. The van der Waals surface area contributed by atoms with Gasteiger partial charge in [0, 0.05) is 78.2 Å². The summed E-state index contributed by atoms with van der Waals surface area (Å²) in [7, 11) is -12.0. The molecule has 446 valence electrons. The van der Waals surface area contributed by atoms with Crippen LogP contribution in [0.2, 0.25) is 69.5 Å². The number of nitrogen functional groups attached to an aromatic ring is 1. The van der Waals surface area contributed by atoms with Crippen LogP contribution in [0.4, 0.5) is 11.6 Å². The standard InChI is InChI=1S/C37H65N5O5S2Si3.C18H22N6O3S2/c1-37(2,3)52(11,12)47-24-32-38-23-31(48-32)30-22-39-42-35(30)40-33(29-20-27-13-14-28(19-27)21-29)34(49(4,43)44)36(42)41(25-45-15-17-50(5,6)7)26-46-16-18-51(8,9)10;1-29(26,27)16-15(9-4-10-2-3-11(5-9)22-10)23-18-12(6-21-24(18)17(16)19)13-7-20-14(8-25)28-13/h22-23,27-29H,13-21,24-26H2,1-12H3;6-7,9-11,22,25H,2-5,8,19H2,1H3/t27-,28+,29?;9?,10-,11+. The number of nitrogens with two attached hydrogens (primary N) is 1. The Morgan fingerprint density at radius 1 is 0.691 bits per heavy atom. The number of anilines is 2. The fourth-order valence-electron chi connectivity index (χ4n) is 11.7. The Balaban J connectivity index is 0.000000228. The van der Waals surface area contributed by atoms with E-state index in [1.165, 1.54) is 47.6 Å². The summed E-state index contributed by atoms with van der Waals surface area (Å²) in [6, 6.07) is 2.81. The largest absolute Gasteiger partial charge is 0.410 e. The lowest BCUT2D eigenvalue weighted by Crippen LogP contribution is -2.40. The molecule has 81 heavy (non-hydrogen) atoms. The number of hydrogen-bond donors (Lipinski definition) is 3. The van der Waals surface area contributed by atoms with Gasteiger partial charge >= 0.3 is 0 Å². The number of nitrogens with one attached hydrogen (secondary N) is 1. The summed E-state index contributed by atoms with van der Waals surface area (Å²) in [6.07, 6.45) is 19.0. The number of nitrogens with zero attached hydrogens (tertiary/aromatic N) is 9. The van der Waals surface area contributed by atoms with Gasteiger partial charge in [0.2, 0.25) is 0 Å². The lowest BCUT2D eigenvalue weighted by molar-refractivity contribution is 0.0937. The van der Waals surface area contributed by atoms with Gasteiger partial charge in [-0.15, -0.1) is 22.7 Å². The number of rotatable bonds is 21. The van der Waals surface area contributed by atoms with Crippen molar-refractivity contribution in [2.45, 2.75) is 195 Å². The van der Waals surface area contributed by atoms with Crippen LogP contribution in [-0.2, 0) is 46.8 Å². The summed E-state index contributed by atoms with van der Waals surface area (Å²) in [5, 5.41) is 23.7. The zero-order valence-corrected chi connectivity index (χ0v) is 56.1. The molecule has 0 spiro atoms. The van der Waals surface area contributed by atoms with Crippen molar-refractivity contribution in [1.82, 2.24) is 44.5 Å². The van der Waals surface area contributed by atoms with Crippen LogP contribution in [0, 0.1) is 11.8 Å². The van der Waals surface area contributed by atoms with E-state index in [9.17, 15) is 21.9 Å². The number of aliphatic hydroxyl groups is 1. The van der Waals surface area contributed by atoms with E-state index in [0.29, 0.717) is 77.2 Å². The van der Waals surface area contributed by atoms with Crippen LogP contribution in [0.3, 0.4) is 0 Å². The number of piperidine rings is 1. The smallest absolute Gasteiger partial charge is 0.192 e. The van der Waals surface area contributed by atoms with Crippen LogP contribution < -0.4 is 16.0 Å². The molecule has 4 N–H and O–H groups in total. The Labute approximate surface area is 490 Å². The number of fused-ring (bicyclic) bond motifs is 6. The minimum Gasteiger partial charge on any atom is -0.410 e. The van der Waals surface area contributed by atoms with Crippen molar-refractivity contribution >= 4 is 89.7 Å². The van der Waals surface area contributed by atoms with Crippen molar-refractivity contribution in [1.29, 1.82) is 0 Å². The van der Waals surface area contributed by atoms with Crippen molar-refractivity contribution in [2.24, 2.45) is 11.8 Å². The van der Waals surface area contributed by atoms with Crippen LogP contribution in [0.25, 0.3) is 32.2 Å². The summed E-state index contributed by atoms with van der Waals surface area (Å²) in [4.78, 5) is 23.1. The highest BCUT2D eigenvalue weighted by molar-refractivity contribution is 7.91. The van der Waals surface area contributed by atoms with Crippen LogP contribution in [0.15, 0.2) is 34.6 Å². The molecule has 6 aromatic rings. The highest BCUT2D eigenvalue weighted by atomic mass is 32.2. The summed E-state index contributed by atoms with van der Waals surface area (Å²) in [6.45, 7) is 27.2.